The highest BCUT2D eigenvalue weighted by atomic mass is 79.9. The summed E-state index contributed by atoms with van der Waals surface area (Å²) in [6.45, 7) is 1.54. The molecule has 0 aromatic rings. The average molecular weight is 195 g/mol. The van der Waals surface area contributed by atoms with Crippen LogP contribution in [0.15, 0.2) is 0 Å². The summed E-state index contributed by atoms with van der Waals surface area (Å²) in [6, 6.07) is 0. The number of ether oxygens (including phenoxy) is 1. The summed E-state index contributed by atoms with van der Waals surface area (Å²) >= 11 is 3.22. The van der Waals surface area contributed by atoms with Crippen LogP contribution in [0, 0.1) is 5.92 Å². The zero-order valence-electron chi connectivity index (χ0n) is 5.22. The topological polar surface area (TPSA) is 29.5 Å². The van der Waals surface area contributed by atoms with Crippen molar-refractivity contribution < 1.29 is 9.84 Å². The van der Waals surface area contributed by atoms with E-state index in [0.29, 0.717) is 11.2 Å². The molecule has 3 heteroatoms. The van der Waals surface area contributed by atoms with Crippen LogP contribution < -0.4 is 0 Å². The predicted molar refractivity (Wildman–Crippen MR) is 38.7 cm³/mol. The monoisotopic (exact) mass is 194 g/mol. The molecule has 1 heterocycles. The maximum atomic E-state index is 9.23. The van der Waals surface area contributed by atoms with Gasteiger partial charge in [-0.3, -0.25) is 0 Å². The van der Waals surface area contributed by atoms with Crippen molar-refractivity contribution in [1.82, 2.24) is 0 Å². The first-order valence-corrected chi connectivity index (χ1v) is 4.28. The van der Waals surface area contributed by atoms with Crippen LogP contribution in [0.4, 0.5) is 0 Å². The Kier molecular flexibility index (Phi) is 2.95. The first-order valence-electron chi connectivity index (χ1n) is 3.16. The minimum atomic E-state index is -0.215. The Bertz CT molecular complexity index is 81.1. The van der Waals surface area contributed by atoms with Gasteiger partial charge in [-0.2, -0.15) is 0 Å². The molecule has 0 saturated carbocycles. The zero-order chi connectivity index (χ0) is 6.69. The maximum Gasteiger partial charge on any atom is 0.0687 e. The molecular formula is C6H11BrO2. The molecule has 0 spiro atoms. The Morgan fingerprint density at radius 1 is 1.78 bits per heavy atom. The standard InChI is InChI=1S/C6H11BrO2/c7-3-6(8)5-1-2-9-4-5/h5-6,8H,1-4H2/t5?,6-/m1/s1. The van der Waals surface area contributed by atoms with Gasteiger partial charge in [-0.25, -0.2) is 0 Å². The van der Waals surface area contributed by atoms with E-state index in [1.54, 1.807) is 0 Å². The Balaban J connectivity index is 2.24. The molecule has 1 aliphatic heterocycles. The van der Waals surface area contributed by atoms with Crippen LogP contribution in [0.25, 0.3) is 0 Å². The molecule has 1 unspecified atom stereocenters. The number of hydrogen-bond acceptors (Lipinski definition) is 2. The van der Waals surface area contributed by atoms with E-state index < -0.39 is 0 Å². The fourth-order valence-corrected chi connectivity index (χ4v) is 1.51. The Labute approximate surface area is 63.3 Å². The van der Waals surface area contributed by atoms with Crippen molar-refractivity contribution in [3.8, 4) is 0 Å². The minimum Gasteiger partial charge on any atom is -0.392 e. The lowest BCUT2D eigenvalue weighted by Crippen LogP contribution is -2.21. The summed E-state index contributed by atoms with van der Waals surface area (Å²) in [5.74, 6) is 0.365. The number of aliphatic hydroxyl groups excluding tert-OH is 1. The molecule has 0 aliphatic carbocycles. The third-order valence-corrected chi connectivity index (χ3v) is 2.33. The van der Waals surface area contributed by atoms with Gasteiger partial charge in [0.05, 0.1) is 12.7 Å². The summed E-state index contributed by atoms with van der Waals surface area (Å²) in [4.78, 5) is 0. The van der Waals surface area contributed by atoms with E-state index in [0.717, 1.165) is 19.6 Å². The van der Waals surface area contributed by atoms with Gasteiger partial charge in [0.15, 0.2) is 0 Å². The summed E-state index contributed by atoms with van der Waals surface area (Å²) in [7, 11) is 0. The van der Waals surface area contributed by atoms with Crippen LogP contribution in [0.2, 0.25) is 0 Å². The number of hydrogen-bond donors (Lipinski definition) is 1. The maximum absolute atomic E-state index is 9.23. The van der Waals surface area contributed by atoms with Gasteiger partial charge in [-0.1, -0.05) is 15.9 Å². The number of aliphatic hydroxyl groups is 1. The molecule has 1 fully saturated rings. The van der Waals surface area contributed by atoms with Crippen molar-refractivity contribution in [3.05, 3.63) is 0 Å². The molecule has 9 heavy (non-hydrogen) atoms. The highest BCUT2D eigenvalue weighted by molar-refractivity contribution is 9.09. The van der Waals surface area contributed by atoms with Crippen LogP contribution in [0.5, 0.6) is 0 Å². The molecule has 1 N–H and O–H groups in total. The quantitative estimate of drug-likeness (QED) is 0.659. The van der Waals surface area contributed by atoms with Gasteiger partial charge in [-0.05, 0) is 6.42 Å². The van der Waals surface area contributed by atoms with E-state index >= 15 is 0 Å². The molecule has 54 valence electrons. The zero-order valence-corrected chi connectivity index (χ0v) is 6.80. The largest absolute Gasteiger partial charge is 0.392 e. The van der Waals surface area contributed by atoms with E-state index in [-0.39, 0.29) is 6.10 Å². The smallest absolute Gasteiger partial charge is 0.0687 e. The summed E-state index contributed by atoms with van der Waals surface area (Å²) in [5, 5.41) is 9.90. The second-order valence-corrected chi connectivity index (χ2v) is 2.99. The first kappa shape index (κ1) is 7.51. The molecule has 0 bridgehead atoms. The van der Waals surface area contributed by atoms with Gasteiger partial charge in [0.1, 0.15) is 0 Å². The minimum absolute atomic E-state index is 0.215. The Morgan fingerprint density at radius 3 is 3.00 bits per heavy atom. The molecular weight excluding hydrogens is 184 g/mol. The van der Waals surface area contributed by atoms with E-state index in [2.05, 4.69) is 15.9 Å². The van der Waals surface area contributed by atoms with E-state index in [4.69, 9.17) is 4.74 Å². The van der Waals surface area contributed by atoms with E-state index in [1.165, 1.54) is 0 Å². The molecule has 2 nitrogen and oxygen atoms in total. The summed E-state index contributed by atoms with van der Waals surface area (Å²) in [5.41, 5.74) is 0. The normalized spacial score (nSPS) is 30.7. The van der Waals surface area contributed by atoms with E-state index in [9.17, 15) is 5.11 Å². The van der Waals surface area contributed by atoms with Crippen molar-refractivity contribution in [1.29, 1.82) is 0 Å². The van der Waals surface area contributed by atoms with Crippen LogP contribution in [-0.4, -0.2) is 29.8 Å². The van der Waals surface area contributed by atoms with Gasteiger partial charge in [-0.15, -0.1) is 0 Å². The lowest BCUT2D eigenvalue weighted by Gasteiger charge is -2.11. The highest BCUT2D eigenvalue weighted by Crippen LogP contribution is 2.17. The van der Waals surface area contributed by atoms with Crippen LogP contribution in [-0.2, 0) is 4.74 Å². The van der Waals surface area contributed by atoms with Crippen molar-refractivity contribution >= 4 is 15.9 Å². The molecule has 0 aromatic carbocycles. The second kappa shape index (κ2) is 3.54. The van der Waals surface area contributed by atoms with Gasteiger partial charge in [0.2, 0.25) is 0 Å². The molecule has 0 amide bonds. The molecule has 1 aliphatic rings. The third kappa shape index (κ3) is 1.92. The SMILES string of the molecule is O[C@H](CBr)C1CCOC1. The molecule has 1 saturated heterocycles. The molecule has 0 aromatic heterocycles. The van der Waals surface area contributed by atoms with Crippen molar-refractivity contribution in [2.45, 2.75) is 12.5 Å². The van der Waals surface area contributed by atoms with Crippen molar-refractivity contribution in [2.24, 2.45) is 5.92 Å². The average Bonchev–Trinajstić information content (AvgIpc) is 2.37. The van der Waals surface area contributed by atoms with Crippen molar-refractivity contribution in [2.75, 3.05) is 18.5 Å². The van der Waals surface area contributed by atoms with Crippen molar-refractivity contribution in [3.63, 3.8) is 0 Å². The second-order valence-electron chi connectivity index (χ2n) is 2.35. The first-order chi connectivity index (χ1) is 4.34. The molecule has 0 radical (unpaired) electrons. The summed E-state index contributed by atoms with van der Waals surface area (Å²) < 4.78 is 5.10. The third-order valence-electron chi connectivity index (χ3n) is 1.67. The van der Waals surface area contributed by atoms with E-state index in [1.807, 2.05) is 0 Å². The van der Waals surface area contributed by atoms with Gasteiger partial charge >= 0.3 is 0 Å². The molecule has 1 rings (SSSR count). The number of alkyl halides is 1. The van der Waals surface area contributed by atoms with Gasteiger partial charge in [0.25, 0.3) is 0 Å². The van der Waals surface area contributed by atoms with Gasteiger partial charge in [0, 0.05) is 17.9 Å². The van der Waals surface area contributed by atoms with Crippen LogP contribution >= 0.6 is 15.9 Å². The highest BCUT2D eigenvalue weighted by Gasteiger charge is 2.22. The van der Waals surface area contributed by atoms with Gasteiger partial charge < -0.3 is 9.84 Å². The predicted octanol–water partition coefficient (Wildman–Crippen LogP) is 0.779. The van der Waals surface area contributed by atoms with Crippen LogP contribution in [0.3, 0.4) is 0 Å². The fourth-order valence-electron chi connectivity index (χ4n) is 0.982. The lowest BCUT2D eigenvalue weighted by molar-refractivity contribution is 0.110. The molecule has 2 atom stereocenters. The fraction of sp³-hybridized carbons (Fsp3) is 1.00. The Hall–Kier alpha value is 0.400. The van der Waals surface area contributed by atoms with Crippen LogP contribution in [0.1, 0.15) is 6.42 Å². The number of rotatable bonds is 2. The summed E-state index contributed by atoms with van der Waals surface area (Å²) in [6.07, 6.45) is 0.791. The number of halogens is 1. The lowest BCUT2D eigenvalue weighted by atomic mass is 10.0. The Morgan fingerprint density at radius 2 is 2.56 bits per heavy atom.